The zero-order valence-electron chi connectivity index (χ0n) is 10.9. The maximum absolute atomic E-state index is 6.18. The van der Waals surface area contributed by atoms with Gasteiger partial charge in [-0.05, 0) is 37.0 Å². The molecule has 0 aliphatic rings. The van der Waals surface area contributed by atoms with Gasteiger partial charge in [-0.2, -0.15) is 0 Å². The van der Waals surface area contributed by atoms with Crippen molar-refractivity contribution in [1.29, 1.82) is 0 Å². The Balaban J connectivity index is 2.79. The minimum atomic E-state index is 0.0561. The maximum atomic E-state index is 6.18. The van der Waals surface area contributed by atoms with E-state index in [2.05, 4.69) is 20.8 Å². The predicted octanol–water partition coefficient (Wildman–Crippen LogP) is 3.52. The lowest BCUT2D eigenvalue weighted by molar-refractivity contribution is 0.242. The highest BCUT2D eigenvalue weighted by Gasteiger charge is 2.21. The van der Waals surface area contributed by atoms with Crippen molar-refractivity contribution in [3.63, 3.8) is 0 Å². The van der Waals surface area contributed by atoms with Crippen LogP contribution >= 0.6 is 0 Å². The number of hydrogen-bond donors (Lipinski definition) is 1. The molecule has 0 spiro atoms. The van der Waals surface area contributed by atoms with Crippen molar-refractivity contribution in [2.24, 2.45) is 11.1 Å². The zero-order valence-corrected chi connectivity index (χ0v) is 10.9. The van der Waals surface area contributed by atoms with Gasteiger partial charge in [0.1, 0.15) is 5.75 Å². The first kappa shape index (κ1) is 13.0. The largest absolute Gasteiger partial charge is 0.491 e. The van der Waals surface area contributed by atoms with Gasteiger partial charge in [-0.25, -0.2) is 0 Å². The second-order valence-electron chi connectivity index (χ2n) is 5.58. The molecule has 1 atom stereocenters. The Kier molecular flexibility index (Phi) is 3.98. The van der Waals surface area contributed by atoms with Gasteiger partial charge >= 0.3 is 0 Å². The SMILES string of the molecule is CC(C)Oc1ccc([C@@H](N)C(C)(C)C)cc1. The highest BCUT2D eigenvalue weighted by atomic mass is 16.5. The van der Waals surface area contributed by atoms with E-state index in [4.69, 9.17) is 10.5 Å². The topological polar surface area (TPSA) is 35.2 Å². The van der Waals surface area contributed by atoms with Crippen LogP contribution in [-0.4, -0.2) is 6.10 Å². The lowest BCUT2D eigenvalue weighted by Gasteiger charge is -2.27. The molecule has 0 aliphatic heterocycles. The minimum Gasteiger partial charge on any atom is -0.491 e. The van der Waals surface area contributed by atoms with E-state index < -0.39 is 0 Å². The van der Waals surface area contributed by atoms with E-state index in [1.807, 2.05) is 38.1 Å². The van der Waals surface area contributed by atoms with Crippen molar-refractivity contribution in [2.45, 2.75) is 46.8 Å². The molecule has 2 heteroatoms. The molecule has 0 bridgehead atoms. The Morgan fingerprint density at radius 2 is 1.56 bits per heavy atom. The molecule has 0 fully saturated rings. The summed E-state index contributed by atoms with van der Waals surface area (Å²) < 4.78 is 5.59. The number of ether oxygens (including phenoxy) is 1. The molecule has 0 saturated heterocycles. The highest BCUT2D eigenvalue weighted by Crippen LogP contribution is 2.31. The van der Waals surface area contributed by atoms with Crippen LogP contribution in [0.1, 0.15) is 46.2 Å². The van der Waals surface area contributed by atoms with Crippen LogP contribution in [0.4, 0.5) is 0 Å². The van der Waals surface area contributed by atoms with Crippen LogP contribution in [0.5, 0.6) is 5.75 Å². The first-order valence-corrected chi connectivity index (χ1v) is 5.83. The zero-order chi connectivity index (χ0) is 12.3. The van der Waals surface area contributed by atoms with Crippen molar-refractivity contribution in [3.8, 4) is 5.75 Å². The van der Waals surface area contributed by atoms with E-state index in [1.165, 1.54) is 0 Å². The summed E-state index contributed by atoms with van der Waals surface area (Å²) in [4.78, 5) is 0. The Hall–Kier alpha value is -1.02. The normalized spacial score (nSPS) is 13.9. The summed E-state index contributed by atoms with van der Waals surface area (Å²) in [6, 6.07) is 8.13. The Morgan fingerprint density at radius 3 is 1.94 bits per heavy atom. The first-order valence-electron chi connectivity index (χ1n) is 5.83. The average molecular weight is 221 g/mol. The summed E-state index contributed by atoms with van der Waals surface area (Å²) in [5.41, 5.74) is 7.42. The number of benzene rings is 1. The second-order valence-corrected chi connectivity index (χ2v) is 5.58. The van der Waals surface area contributed by atoms with E-state index in [9.17, 15) is 0 Å². The minimum absolute atomic E-state index is 0.0561. The summed E-state index contributed by atoms with van der Waals surface area (Å²) in [7, 11) is 0. The number of nitrogens with two attached hydrogens (primary N) is 1. The molecule has 0 amide bonds. The molecule has 90 valence electrons. The summed E-state index contributed by atoms with van der Waals surface area (Å²) in [5, 5.41) is 0. The maximum Gasteiger partial charge on any atom is 0.119 e. The van der Waals surface area contributed by atoms with E-state index in [1.54, 1.807) is 0 Å². The van der Waals surface area contributed by atoms with E-state index >= 15 is 0 Å². The first-order chi connectivity index (χ1) is 7.30. The molecular formula is C14H23NO. The van der Waals surface area contributed by atoms with Gasteiger partial charge in [0.25, 0.3) is 0 Å². The fourth-order valence-corrected chi connectivity index (χ4v) is 1.53. The molecule has 0 unspecified atom stereocenters. The third kappa shape index (κ3) is 3.53. The van der Waals surface area contributed by atoms with Gasteiger partial charge in [0, 0.05) is 6.04 Å². The second kappa shape index (κ2) is 4.88. The lowest BCUT2D eigenvalue weighted by Crippen LogP contribution is -2.26. The summed E-state index contributed by atoms with van der Waals surface area (Å²) in [6.45, 7) is 10.5. The van der Waals surface area contributed by atoms with Crippen LogP contribution in [0, 0.1) is 5.41 Å². The summed E-state index contributed by atoms with van der Waals surface area (Å²) in [6.07, 6.45) is 0.210. The molecule has 0 saturated carbocycles. The standard InChI is InChI=1S/C14H23NO/c1-10(2)16-12-8-6-11(7-9-12)13(15)14(3,4)5/h6-10,13H,15H2,1-5H3/t13-/m1/s1. The van der Waals surface area contributed by atoms with Gasteiger partial charge < -0.3 is 10.5 Å². The van der Waals surface area contributed by atoms with E-state index in [-0.39, 0.29) is 17.6 Å². The van der Waals surface area contributed by atoms with Gasteiger partial charge in [-0.15, -0.1) is 0 Å². The highest BCUT2D eigenvalue weighted by molar-refractivity contribution is 5.29. The Morgan fingerprint density at radius 1 is 1.06 bits per heavy atom. The lowest BCUT2D eigenvalue weighted by atomic mass is 9.83. The van der Waals surface area contributed by atoms with Gasteiger partial charge in [-0.3, -0.25) is 0 Å². The van der Waals surface area contributed by atoms with E-state index in [0.717, 1.165) is 11.3 Å². The van der Waals surface area contributed by atoms with Crippen LogP contribution in [-0.2, 0) is 0 Å². The van der Waals surface area contributed by atoms with Crippen LogP contribution in [0.15, 0.2) is 24.3 Å². The van der Waals surface area contributed by atoms with Crippen LogP contribution in [0.3, 0.4) is 0 Å². The molecule has 0 radical (unpaired) electrons. The van der Waals surface area contributed by atoms with Crippen molar-refractivity contribution < 1.29 is 4.74 Å². The third-order valence-corrected chi connectivity index (χ3v) is 2.54. The molecular weight excluding hydrogens is 198 g/mol. The quantitative estimate of drug-likeness (QED) is 0.847. The van der Waals surface area contributed by atoms with E-state index in [0.29, 0.717) is 0 Å². The van der Waals surface area contributed by atoms with Crippen molar-refractivity contribution in [3.05, 3.63) is 29.8 Å². The smallest absolute Gasteiger partial charge is 0.119 e. The van der Waals surface area contributed by atoms with Gasteiger partial charge in [0.05, 0.1) is 6.10 Å². The van der Waals surface area contributed by atoms with Crippen LogP contribution in [0.25, 0.3) is 0 Å². The Labute approximate surface area is 98.8 Å². The third-order valence-electron chi connectivity index (χ3n) is 2.54. The number of hydrogen-bond acceptors (Lipinski definition) is 2. The molecule has 0 aliphatic carbocycles. The van der Waals surface area contributed by atoms with Gasteiger partial charge in [-0.1, -0.05) is 32.9 Å². The molecule has 16 heavy (non-hydrogen) atoms. The summed E-state index contributed by atoms with van der Waals surface area (Å²) in [5.74, 6) is 0.903. The Bertz CT molecular complexity index is 322. The summed E-state index contributed by atoms with van der Waals surface area (Å²) >= 11 is 0. The van der Waals surface area contributed by atoms with Crippen molar-refractivity contribution >= 4 is 0 Å². The van der Waals surface area contributed by atoms with Crippen LogP contribution < -0.4 is 10.5 Å². The van der Waals surface area contributed by atoms with Gasteiger partial charge in [0.2, 0.25) is 0 Å². The molecule has 0 heterocycles. The molecule has 0 aromatic heterocycles. The number of rotatable bonds is 3. The molecule has 2 nitrogen and oxygen atoms in total. The van der Waals surface area contributed by atoms with Crippen molar-refractivity contribution in [1.82, 2.24) is 0 Å². The molecule has 1 aromatic rings. The van der Waals surface area contributed by atoms with Crippen molar-refractivity contribution in [2.75, 3.05) is 0 Å². The molecule has 2 N–H and O–H groups in total. The average Bonchev–Trinajstić information content (AvgIpc) is 2.15. The molecule has 1 aromatic carbocycles. The van der Waals surface area contributed by atoms with Crippen LogP contribution in [0.2, 0.25) is 0 Å². The monoisotopic (exact) mass is 221 g/mol. The fourth-order valence-electron chi connectivity index (χ4n) is 1.53. The fraction of sp³-hybridized carbons (Fsp3) is 0.571. The molecule has 1 rings (SSSR count). The predicted molar refractivity (Wildman–Crippen MR) is 68.6 cm³/mol. The van der Waals surface area contributed by atoms with Gasteiger partial charge in [0.15, 0.2) is 0 Å².